The lowest BCUT2D eigenvalue weighted by molar-refractivity contribution is -0.123. The minimum Gasteiger partial charge on any atom is -0.494 e. The first-order valence-corrected chi connectivity index (χ1v) is 9.77. The molecule has 0 saturated carbocycles. The second-order valence-electron chi connectivity index (χ2n) is 7.03. The number of carbonyl (C=O) groups is 1. The van der Waals surface area contributed by atoms with Crippen LogP contribution in [0.25, 0.3) is 0 Å². The average molecular weight is 383 g/mol. The predicted octanol–water partition coefficient (Wildman–Crippen LogP) is 4.83. The Morgan fingerprint density at radius 1 is 1.14 bits per heavy atom. The van der Waals surface area contributed by atoms with Gasteiger partial charge in [0.2, 0.25) is 0 Å². The van der Waals surface area contributed by atoms with E-state index in [0.29, 0.717) is 5.92 Å². The Hall–Kier alpha value is -2.82. The summed E-state index contributed by atoms with van der Waals surface area (Å²) < 4.78 is 11.3. The number of hydrogen-bond acceptors (Lipinski definition) is 4. The third-order valence-electron chi connectivity index (χ3n) is 4.29. The highest BCUT2D eigenvalue weighted by Crippen LogP contribution is 2.24. The highest BCUT2D eigenvalue weighted by atomic mass is 16.5. The number of nitrogens with zero attached hydrogens (tertiary/aromatic N) is 1. The molecule has 0 saturated heterocycles. The Kier molecular flexibility index (Phi) is 8.53. The van der Waals surface area contributed by atoms with Crippen LogP contribution in [0.5, 0.6) is 11.5 Å². The van der Waals surface area contributed by atoms with Gasteiger partial charge in [0.05, 0.1) is 12.8 Å². The van der Waals surface area contributed by atoms with Crippen LogP contribution in [-0.4, -0.2) is 25.3 Å². The standard InChI is InChI=1S/C23H30N2O3/c1-5-6-13-27-21-11-8-19(9-12-21)15-24-25-23(26)16-28-22-14-20(17(2)3)10-7-18(22)4/h7-12,14-15,17H,5-6,13,16H2,1-4H3,(H,25,26)/b24-15+. The molecule has 0 aliphatic carbocycles. The molecule has 0 aliphatic rings. The summed E-state index contributed by atoms with van der Waals surface area (Å²) in [5.74, 6) is 1.67. The van der Waals surface area contributed by atoms with E-state index in [2.05, 4.69) is 37.4 Å². The van der Waals surface area contributed by atoms with Crippen LogP contribution in [0, 0.1) is 6.92 Å². The van der Waals surface area contributed by atoms with Crippen molar-refractivity contribution in [2.24, 2.45) is 5.10 Å². The Morgan fingerprint density at radius 2 is 1.89 bits per heavy atom. The SMILES string of the molecule is CCCCOc1ccc(/C=N/NC(=O)COc2cc(C(C)C)ccc2C)cc1. The van der Waals surface area contributed by atoms with Crippen LogP contribution in [0.15, 0.2) is 47.6 Å². The second kappa shape index (κ2) is 11.1. The van der Waals surface area contributed by atoms with E-state index in [9.17, 15) is 4.79 Å². The first-order chi connectivity index (χ1) is 13.5. The fourth-order valence-corrected chi connectivity index (χ4v) is 2.47. The number of nitrogens with one attached hydrogen (secondary N) is 1. The Morgan fingerprint density at radius 3 is 2.57 bits per heavy atom. The maximum atomic E-state index is 12.0. The zero-order chi connectivity index (χ0) is 20.4. The second-order valence-corrected chi connectivity index (χ2v) is 7.03. The van der Waals surface area contributed by atoms with Crippen molar-refractivity contribution in [1.29, 1.82) is 0 Å². The topological polar surface area (TPSA) is 59.9 Å². The number of aryl methyl sites for hydroxylation is 1. The van der Waals surface area contributed by atoms with Crippen LogP contribution in [0.2, 0.25) is 0 Å². The molecule has 0 aliphatic heterocycles. The van der Waals surface area contributed by atoms with Crippen molar-refractivity contribution >= 4 is 12.1 Å². The molecule has 2 aromatic carbocycles. The van der Waals surface area contributed by atoms with Crippen LogP contribution < -0.4 is 14.9 Å². The van der Waals surface area contributed by atoms with Gasteiger partial charge in [-0.25, -0.2) is 5.43 Å². The van der Waals surface area contributed by atoms with Gasteiger partial charge in [-0.05, 0) is 66.3 Å². The molecule has 0 unspecified atom stereocenters. The van der Waals surface area contributed by atoms with E-state index in [0.717, 1.165) is 42.1 Å². The lowest BCUT2D eigenvalue weighted by Crippen LogP contribution is -2.24. The highest BCUT2D eigenvalue weighted by Gasteiger charge is 2.07. The molecule has 150 valence electrons. The Labute approximate surface area is 167 Å². The molecule has 0 fully saturated rings. The third-order valence-corrected chi connectivity index (χ3v) is 4.29. The average Bonchev–Trinajstić information content (AvgIpc) is 2.68. The molecule has 5 nitrogen and oxygen atoms in total. The van der Waals surface area contributed by atoms with Gasteiger partial charge in [-0.3, -0.25) is 4.79 Å². The van der Waals surface area contributed by atoms with Gasteiger partial charge in [-0.2, -0.15) is 5.10 Å². The van der Waals surface area contributed by atoms with Crippen LogP contribution in [0.4, 0.5) is 0 Å². The molecule has 1 amide bonds. The van der Waals surface area contributed by atoms with Crippen molar-refractivity contribution in [3.63, 3.8) is 0 Å². The summed E-state index contributed by atoms with van der Waals surface area (Å²) in [6, 6.07) is 13.7. The zero-order valence-electron chi connectivity index (χ0n) is 17.2. The number of amides is 1. The number of hydrogen-bond donors (Lipinski definition) is 1. The molecule has 28 heavy (non-hydrogen) atoms. The molecule has 0 spiro atoms. The highest BCUT2D eigenvalue weighted by molar-refractivity contribution is 5.83. The third kappa shape index (κ3) is 7.06. The van der Waals surface area contributed by atoms with Crippen LogP contribution in [-0.2, 0) is 4.79 Å². The van der Waals surface area contributed by atoms with E-state index >= 15 is 0 Å². The largest absolute Gasteiger partial charge is 0.494 e. The zero-order valence-corrected chi connectivity index (χ0v) is 17.2. The summed E-state index contributed by atoms with van der Waals surface area (Å²) in [4.78, 5) is 12.0. The number of benzene rings is 2. The van der Waals surface area contributed by atoms with Gasteiger partial charge in [0.15, 0.2) is 6.61 Å². The summed E-state index contributed by atoms with van der Waals surface area (Å²) in [5, 5.41) is 3.98. The molecule has 2 aromatic rings. The number of unbranched alkanes of at least 4 members (excludes halogenated alkanes) is 1. The fraction of sp³-hybridized carbons (Fsp3) is 0.391. The minimum absolute atomic E-state index is 0.0794. The van der Waals surface area contributed by atoms with Crippen molar-refractivity contribution in [1.82, 2.24) is 5.43 Å². The van der Waals surface area contributed by atoms with Gasteiger partial charge >= 0.3 is 0 Å². The summed E-state index contributed by atoms with van der Waals surface area (Å²) in [6.07, 6.45) is 3.74. The number of rotatable bonds is 10. The molecule has 2 rings (SSSR count). The molecular formula is C23H30N2O3. The van der Waals surface area contributed by atoms with Crippen LogP contribution in [0.1, 0.15) is 56.2 Å². The van der Waals surface area contributed by atoms with E-state index in [1.165, 1.54) is 5.56 Å². The summed E-state index contributed by atoms with van der Waals surface area (Å²) >= 11 is 0. The molecule has 0 atom stereocenters. The van der Waals surface area contributed by atoms with Crippen molar-refractivity contribution in [3.8, 4) is 11.5 Å². The van der Waals surface area contributed by atoms with Gasteiger partial charge in [0, 0.05) is 0 Å². The summed E-state index contributed by atoms with van der Waals surface area (Å²) in [6.45, 7) is 8.99. The van der Waals surface area contributed by atoms with Gasteiger partial charge in [0.1, 0.15) is 11.5 Å². The van der Waals surface area contributed by atoms with Crippen LogP contribution >= 0.6 is 0 Å². The Balaban J connectivity index is 1.80. The first kappa shape index (κ1) is 21.5. The monoisotopic (exact) mass is 382 g/mol. The lowest BCUT2D eigenvalue weighted by atomic mass is 10.0. The first-order valence-electron chi connectivity index (χ1n) is 9.77. The lowest BCUT2D eigenvalue weighted by Gasteiger charge is -2.12. The molecule has 0 radical (unpaired) electrons. The fourth-order valence-electron chi connectivity index (χ4n) is 2.47. The van der Waals surface area contributed by atoms with Crippen molar-refractivity contribution in [2.45, 2.75) is 46.5 Å². The summed E-state index contributed by atoms with van der Waals surface area (Å²) in [7, 11) is 0. The van der Waals surface area contributed by atoms with Crippen molar-refractivity contribution in [2.75, 3.05) is 13.2 Å². The molecular weight excluding hydrogens is 352 g/mol. The smallest absolute Gasteiger partial charge is 0.277 e. The summed E-state index contributed by atoms with van der Waals surface area (Å²) in [5.41, 5.74) is 5.55. The molecule has 1 N–H and O–H groups in total. The van der Waals surface area contributed by atoms with E-state index < -0.39 is 0 Å². The predicted molar refractivity (Wildman–Crippen MR) is 113 cm³/mol. The molecule has 5 heteroatoms. The number of ether oxygens (including phenoxy) is 2. The number of hydrazone groups is 1. The van der Waals surface area contributed by atoms with E-state index in [1.807, 2.05) is 43.3 Å². The van der Waals surface area contributed by atoms with E-state index in [1.54, 1.807) is 6.21 Å². The minimum atomic E-state index is -0.301. The maximum Gasteiger partial charge on any atom is 0.277 e. The van der Waals surface area contributed by atoms with E-state index in [-0.39, 0.29) is 12.5 Å². The van der Waals surface area contributed by atoms with Gasteiger partial charge in [-0.1, -0.05) is 39.3 Å². The molecule has 0 aromatic heterocycles. The van der Waals surface area contributed by atoms with Gasteiger partial charge in [0.25, 0.3) is 5.91 Å². The van der Waals surface area contributed by atoms with Gasteiger partial charge in [-0.15, -0.1) is 0 Å². The molecule has 0 bridgehead atoms. The van der Waals surface area contributed by atoms with Crippen LogP contribution in [0.3, 0.4) is 0 Å². The number of carbonyl (C=O) groups excluding carboxylic acids is 1. The Bertz CT molecular complexity index is 783. The molecule has 0 heterocycles. The van der Waals surface area contributed by atoms with E-state index in [4.69, 9.17) is 9.47 Å². The van der Waals surface area contributed by atoms with Crippen molar-refractivity contribution < 1.29 is 14.3 Å². The van der Waals surface area contributed by atoms with Crippen molar-refractivity contribution in [3.05, 3.63) is 59.2 Å². The van der Waals surface area contributed by atoms with Gasteiger partial charge < -0.3 is 9.47 Å². The maximum absolute atomic E-state index is 12.0. The normalized spacial score (nSPS) is 11.0. The quantitative estimate of drug-likeness (QED) is 0.364.